The smallest absolute Gasteiger partial charge is 0.408 e. The van der Waals surface area contributed by atoms with Crippen LogP contribution in [0.3, 0.4) is 0 Å². The zero-order chi connectivity index (χ0) is 18.1. The van der Waals surface area contributed by atoms with Gasteiger partial charge in [-0.3, -0.25) is 4.98 Å². The summed E-state index contributed by atoms with van der Waals surface area (Å²) in [5.74, 6) is -0.454. The first-order valence-corrected chi connectivity index (χ1v) is 9.90. The lowest BCUT2D eigenvalue weighted by Crippen LogP contribution is -2.30. The lowest BCUT2D eigenvalue weighted by molar-refractivity contribution is 0.555. The molecule has 0 saturated carbocycles. The number of thiophene rings is 1. The van der Waals surface area contributed by atoms with Crippen molar-refractivity contribution in [3.05, 3.63) is 56.3 Å². The average Bonchev–Trinajstić information content (AvgIpc) is 3.31. The van der Waals surface area contributed by atoms with E-state index >= 15 is 0 Å². The van der Waals surface area contributed by atoms with Crippen molar-refractivity contribution < 1.29 is 4.42 Å². The third-order valence-electron chi connectivity index (χ3n) is 3.82. The van der Waals surface area contributed by atoms with Crippen LogP contribution in [0.4, 0.5) is 5.13 Å². The van der Waals surface area contributed by atoms with Gasteiger partial charge >= 0.3 is 5.76 Å². The molecule has 0 fully saturated rings. The van der Waals surface area contributed by atoms with E-state index in [0.29, 0.717) is 17.6 Å². The Morgan fingerprint density at radius 1 is 1.31 bits per heavy atom. The van der Waals surface area contributed by atoms with Crippen LogP contribution in [-0.2, 0) is 6.42 Å². The summed E-state index contributed by atoms with van der Waals surface area (Å²) in [5, 5.41) is 4.08. The summed E-state index contributed by atoms with van der Waals surface area (Å²) in [6.45, 7) is 0.619. The van der Waals surface area contributed by atoms with E-state index in [4.69, 9.17) is 21.8 Å². The SMILES string of the molecule is N[C@H](CNc1ncc(-c2ccc3[nH]c(=O)oc3c2)s1)Cc1ccc(Cl)s1. The van der Waals surface area contributed by atoms with E-state index in [1.54, 1.807) is 17.5 Å². The molecule has 134 valence electrons. The zero-order valence-corrected chi connectivity index (χ0v) is 15.9. The standard InChI is InChI=1S/C17H15ClN4O2S2/c18-15-4-2-11(25-15)6-10(19)7-20-16-21-8-14(26-16)9-1-3-12-13(5-9)24-17(23)22-12/h1-5,8,10H,6-7,19H2,(H,20,21)(H,22,23)/t10-/m0/s1. The molecule has 6 nitrogen and oxygen atoms in total. The van der Waals surface area contributed by atoms with Crippen molar-refractivity contribution >= 4 is 50.5 Å². The van der Waals surface area contributed by atoms with Gasteiger partial charge in [0.05, 0.1) is 14.7 Å². The van der Waals surface area contributed by atoms with Crippen molar-refractivity contribution in [1.82, 2.24) is 9.97 Å². The first-order valence-electron chi connectivity index (χ1n) is 7.89. The van der Waals surface area contributed by atoms with Gasteiger partial charge in [0, 0.05) is 23.7 Å². The summed E-state index contributed by atoms with van der Waals surface area (Å²) in [4.78, 5) is 20.4. The van der Waals surface area contributed by atoms with Crippen molar-refractivity contribution in [2.24, 2.45) is 5.73 Å². The number of benzene rings is 1. The van der Waals surface area contributed by atoms with Crippen LogP contribution in [0.15, 0.2) is 45.7 Å². The summed E-state index contributed by atoms with van der Waals surface area (Å²) in [6.07, 6.45) is 2.56. The van der Waals surface area contributed by atoms with E-state index in [1.807, 2.05) is 30.3 Å². The third-order valence-corrected chi connectivity index (χ3v) is 6.08. The number of fused-ring (bicyclic) bond motifs is 1. The molecule has 0 aliphatic carbocycles. The number of anilines is 1. The number of oxazole rings is 1. The van der Waals surface area contributed by atoms with E-state index in [1.165, 1.54) is 16.2 Å². The topological polar surface area (TPSA) is 96.9 Å². The number of H-pyrrole nitrogens is 1. The van der Waals surface area contributed by atoms with Crippen molar-refractivity contribution in [1.29, 1.82) is 0 Å². The number of nitrogens with two attached hydrogens (primary N) is 1. The van der Waals surface area contributed by atoms with Gasteiger partial charge in [0.15, 0.2) is 10.7 Å². The van der Waals surface area contributed by atoms with Crippen LogP contribution in [-0.4, -0.2) is 22.6 Å². The number of rotatable bonds is 6. The second-order valence-electron chi connectivity index (χ2n) is 5.81. The van der Waals surface area contributed by atoms with Crippen molar-refractivity contribution in [2.75, 3.05) is 11.9 Å². The highest BCUT2D eigenvalue weighted by Crippen LogP contribution is 2.30. The van der Waals surface area contributed by atoms with Crippen LogP contribution in [0.2, 0.25) is 4.34 Å². The molecule has 0 spiro atoms. The number of hydrogen-bond acceptors (Lipinski definition) is 7. The largest absolute Gasteiger partial charge is 0.417 e. The van der Waals surface area contributed by atoms with Crippen LogP contribution in [0.5, 0.6) is 0 Å². The number of thiazole rings is 1. The minimum absolute atomic E-state index is 0.0254. The molecular formula is C17H15ClN4O2S2. The van der Waals surface area contributed by atoms with Gasteiger partial charge in [0.1, 0.15) is 0 Å². The van der Waals surface area contributed by atoms with Gasteiger partial charge in [-0.15, -0.1) is 11.3 Å². The van der Waals surface area contributed by atoms with E-state index < -0.39 is 5.76 Å². The molecule has 4 rings (SSSR count). The fourth-order valence-electron chi connectivity index (χ4n) is 2.60. The Bertz CT molecular complexity index is 1100. The molecule has 0 unspecified atom stereocenters. The molecule has 0 aliphatic rings. The number of hydrogen-bond donors (Lipinski definition) is 3. The average molecular weight is 407 g/mol. The number of aromatic amines is 1. The van der Waals surface area contributed by atoms with Gasteiger partial charge in [-0.05, 0) is 36.2 Å². The fourth-order valence-corrected chi connectivity index (χ4v) is 4.60. The summed E-state index contributed by atoms with van der Waals surface area (Å²) in [7, 11) is 0. The quantitative estimate of drug-likeness (QED) is 0.450. The van der Waals surface area contributed by atoms with Crippen LogP contribution in [0, 0.1) is 0 Å². The highest BCUT2D eigenvalue weighted by Gasteiger charge is 2.10. The maximum atomic E-state index is 11.3. The van der Waals surface area contributed by atoms with Gasteiger partial charge in [-0.25, -0.2) is 9.78 Å². The van der Waals surface area contributed by atoms with Gasteiger partial charge in [-0.1, -0.05) is 29.0 Å². The van der Waals surface area contributed by atoms with Gasteiger partial charge in [-0.2, -0.15) is 0 Å². The third kappa shape index (κ3) is 3.83. The summed E-state index contributed by atoms with van der Waals surface area (Å²) in [5.41, 5.74) is 8.34. The second kappa shape index (κ2) is 7.24. The van der Waals surface area contributed by atoms with E-state index in [-0.39, 0.29) is 6.04 Å². The molecule has 0 aliphatic heterocycles. The Morgan fingerprint density at radius 2 is 2.19 bits per heavy atom. The number of nitrogens with one attached hydrogen (secondary N) is 2. The summed E-state index contributed by atoms with van der Waals surface area (Å²) >= 11 is 9.02. The monoisotopic (exact) mass is 406 g/mol. The predicted octanol–water partition coefficient (Wildman–Crippen LogP) is 3.94. The Morgan fingerprint density at radius 3 is 3.00 bits per heavy atom. The maximum Gasteiger partial charge on any atom is 0.417 e. The number of nitrogens with zero attached hydrogens (tertiary/aromatic N) is 1. The Balaban J connectivity index is 1.41. The molecule has 1 aromatic carbocycles. The molecule has 3 aromatic heterocycles. The van der Waals surface area contributed by atoms with Crippen LogP contribution in [0.25, 0.3) is 21.5 Å². The highest BCUT2D eigenvalue weighted by molar-refractivity contribution is 7.18. The second-order valence-corrected chi connectivity index (χ2v) is 8.64. The minimum Gasteiger partial charge on any atom is -0.408 e. The normalized spacial score (nSPS) is 12.5. The molecule has 26 heavy (non-hydrogen) atoms. The first-order chi connectivity index (χ1) is 12.6. The van der Waals surface area contributed by atoms with Crippen molar-refractivity contribution in [3.8, 4) is 10.4 Å². The van der Waals surface area contributed by atoms with Crippen LogP contribution < -0.4 is 16.8 Å². The summed E-state index contributed by atoms with van der Waals surface area (Å²) in [6, 6.07) is 9.45. The summed E-state index contributed by atoms with van der Waals surface area (Å²) < 4.78 is 5.88. The lowest BCUT2D eigenvalue weighted by atomic mass is 10.2. The Kier molecular flexibility index (Phi) is 4.82. The van der Waals surface area contributed by atoms with Gasteiger partial charge in [0.25, 0.3) is 0 Å². The lowest BCUT2D eigenvalue weighted by Gasteiger charge is -2.10. The molecule has 4 N–H and O–H groups in total. The fraction of sp³-hybridized carbons (Fsp3) is 0.176. The van der Waals surface area contributed by atoms with Gasteiger partial charge < -0.3 is 15.5 Å². The number of aromatic nitrogens is 2. The molecule has 0 saturated heterocycles. The Hall–Kier alpha value is -2.13. The molecule has 9 heteroatoms. The van der Waals surface area contributed by atoms with Crippen LogP contribution >= 0.6 is 34.3 Å². The maximum absolute atomic E-state index is 11.3. The minimum atomic E-state index is -0.454. The van der Waals surface area contributed by atoms with Gasteiger partial charge in [0.2, 0.25) is 0 Å². The molecule has 0 bridgehead atoms. The Labute approximate surface area is 161 Å². The highest BCUT2D eigenvalue weighted by atomic mass is 35.5. The molecule has 0 radical (unpaired) electrons. The first kappa shape index (κ1) is 17.3. The molecule has 0 amide bonds. The van der Waals surface area contributed by atoms with E-state index in [0.717, 1.165) is 26.3 Å². The van der Waals surface area contributed by atoms with Crippen molar-refractivity contribution in [3.63, 3.8) is 0 Å². The number of halogens is 1. The van der Waals surface area contributed by atoms with E-state index in [2.05, 4.69) is 15.3 Å². The van der Waals surface area contributed by atoms with E-state index in [9.17, 15) is 4.79 Å². The zero-order valence-electron chi connectivity index (χ0n) is 13.5. The van der Waals surface area contributed by atoms with Crippen molar-refractivity contribution in [2.45, 2.75) is 12.5 Å². The molecular weight excluding hydrogens is 392 g/mol. The predicted molar refractivity (Wildman–Crippen MR) is 107 cm³/mol. The molecule has 4 aromatic rings. The molecule has 1 atom stereocenters. The molecule has 3 heterocycles. The van der Waals surface area contributed by atoms with Crippen LogP contribution in [0.1, 0.15) is 4.88 Å².